The predicted molar refractivity (Wildman–Crippen MR) is 117 cm³/mol. The molecule has 2 N–H and O–H groups in total. The van der Waals surface area contributed by atoms with Gasteiger partial charge in [-0.05, 0) is 49.4 Å². The highest BCUT2D eigenvalue weighted by atomic mass is 32.2. The zero-order valence-corrected chi connectivity index (χ0v) is 18.0. The average Bonchev–Trinajstić information content (AvgIpc) is 3.26. The van der Waals surface area contributed by atoms with Crippen LogP contribution >= 0.6 is 0 Å². The van der Waals surface area contributed by atoms with Crippen molar-refractivity contribution in [1.29, 1.82) is 0 Å². The number of sulfonamides is 1. The number of aromatic nitrogens is 3. The normalized spacial score (nSPS) is 11.2. The monoisotopic (exact) mass is 467 g/mol. The van der Waals surface area contributed by atoms with E-state index in [4.69, 9.17) is 9.15 Å². The molecule has 4 rings (SSSR count). The average molecular weight is 467 g/mol. The van der Waals surface area contributed by atoms with Crippen molar-refractivity contribution in [3.63, 3.8) is 0 Å². The van der Waals surface area contributed by atoms with E-state index in [-0.39, 0.29) is 16.4 Å². The quantitative estimate of drug-likeness (QED) is 0.390. The van der Waals surface area contributed by atoms with E-state index in [2.05, 4.69) is 25.0 Å². The number of hydrogen-bond donors (Lipinski definition) is 2. The largest absolute Gasteiger partial charge is 0.452 e. The maximum absolute atomic E-state index is 12.5. The van der Waals surface area contributed by atoms with Gasteiger partial charge in [0.25, 0.3) is 15.9 Å². The van der Waals surface area contributed by atoms with E-state index in [0.717, 1.165) is 0 Å². The summed E-state index contributed by atoms with van der Waals surface area (Å²) in [6.07, 6.45) is 2.65. The predicted octanol–water partition coefficient (Wildman–Crippen LogP) is 2.52. The zero-order valence-electron chi connectivity index (χ0n) is 17.2. The topological polar surface area (TPSA) is 153 Å². The summed E-state index contributed by atoms with van der Waals surface area (Å²) in [6, 6.07) is 11.8. The Labute approximate surface area is 187 Å². The molecule has 0 unspecified atom stereocenters. The Bertz CT molecular complexity index is 1430. The first-order valence-electron chi connectivity index (χ1n) is 9.53. The number of aryl methyl sites for hydroxylation is 1. The van der Waals surface area contributed by atoms with Crippen LogP contribution in [0.15, 0.2) is 70.4 Å². The third-order valence-corrected chi connectivity index (χ3v) is 5.73. The molecule has 0 spiro atoms. The standard InChI is InChI=1S/C21H17N5O6S/c1-13-9-10-22-21(24-13)26-33(29,30)15-7-5-14(6-8-15)25-18(27)11-31-20(28)16-3-2-4-17-19(16)23-12-32-17/h2-10,12H,11H2,1H3,(H,25,27)(H,22,24,26). The van der Waals surface area contributed by atoms with E-state index in [0.29, 0.717) is 22.5 Å². The van der Waals surface area contributed by atoms with Crippen molar-refractivity contribution in [2.24, 2.45) is 0 Å². The van der Waals surface area contributed by atoms with E-state index in [9.17, 15) is 18.0 Å². The molecule has 33 heavy (non-hydrogen) atoms. The lowest BCUT2D eigenvalue weighted by molar-refractivity contribution is -0.119. The van der Waals surface area contributed by atoms with Crippen molar-refractivity contribution in [3.05, 3.63) is 72.4 Å². The molecule has 0 aliphatic carbocycles. The summed E-state index contributed by atoms with van der Waals surface area (Å²) in [5, 5.41) is 2.53. The Morgan fingerprint density at radius 1 is 1.06 bits per heavy atom. The first kappa shape index (κ1) is 21.9. The Kier molecular flexibility index (Phi) is 6.00. The smallest absolute Gasteiger partial charge is 0.340 e. The van der Waals surface area contributed by atoms with E-state index in [1.54, 1.807) is 25.1 Å². The fourth-order valence-corrected chi connectivity index (χ4v) is 3.80. The van der Waals surface area contributed by atoms with E-state index in [1.165, 1.54) is 42.9 Å². The molecule has 2 aromatic carbocycles. The number of nitrogens with one attached hydrogen (secondary N) is 2. The van der Waals surface area contributed by atoms with Crippen LogP contribution in [0.4, 0.5) is 11.6 Å². The lowest BCUT2D eigenvalue weighted by atomic mass is 10.2. The second-order valence-electron chi connectivity index (χ2n) is 6.78. The number of carbonyl (C=O) groups excluding carboxylic acids is 2. The molecule has 2 aromatic heterocycles. The molecular formula is C21H17N5O6S. The van der Waals surface area contributed by atoms with Crippen molar-refractivity contribution >= 4 is 44.6 Å². The molecule has 0 fully saturated rings. The molecule has 0 aliphatic heterocycles. The molecule has 0 radical (unpaired) electrons. The second-order valence-corrected chi connectivity index (χ2v) is 8.46. The summed E-state index contributed by atoms with van der Waals surface area (Å²) >= 11 is 0. The Balaban J connectivity index is 1.35. The van der Waals surface area contributed by atoms with Gasteiger partial charge in [-0.2, -0.15) is 0 Å². The van der Waals surface area contributed by atoms with Crippen molar-refractivity contribution in [2.75, 3.05) is 16.6 Å². The minimum Gasteiger partial charge on any atom is -0.452 e. The van der Waals surface area contributed by atoms with Gasteiger partial charge < -0.3 is 14.5 Å². The third-order valence-electron chi connectivity index (χ3n) is 4.38. The van der Waals surface area contributed by atoms with Crippen LogP contribution in [-0.4, -0.2) is 41.9 Å². The van der Waals surface area contributed by atoms with Gasteiger partial charge in [-0.25, -0.2) is 32.9 Å². The van der Waals surface area contributed by atoms with Gasteiger partial charge in [-0.15, -0.1) is 0 Å². The lowest BCUT2D eigenvalue weighted by Crippen LogP contribution is -2.21. The summed E-state index contributed by atoms with van der Waals surface area (Å²) in [7, 11) is -3.91. The summed E-state index contributed by atoms with van der Waals surface area (Å²) in [4.78, 5) is 36.2. The molecule has 0 saturated heterocycles. The number of carbonyl (C=O) groups is 2. The number of anilines is 2. The highest BCUT2D eigenvalue weighted by Gasteiger charge is 2.17. The van der Waals surface area contributed by atoms with Crippen molar-refractivity contribution < 1.29 is 27.2 Å². The molecule has 0 bridgehead atoms. The number of rotatable bonds is 7. The Hall–Kier alpha value is -4.32. The van der Waals surface area contributed by atoms with Crippen LogP contribution in [0.1, 0.15) is 16.1 Å². The highest BCUT2D eigenvalue weighted by Crippen LogP contribution is 2.18. The first-order chi connectivity index (χ1) is 15.8. The van der Waals surface area contributed by atoms with Gasteiger partial charge in [0.2, 0.25) is 5.95 Å². The number of benzene rings is 2. The third kappa shape index (κ3) is 5.13. The summed E-state index contributed by atoms with van der Waals surface area (Å²) in [5.41, 5.74) is 1.87. The molecule has 11 nitrogen and oxygen atoms in total. The van der Waals surface area contributed by atoms with Crippen LogP contribution in [0.25, 0.3) is 11.1 Å². The fraction of sp³-hybridized carbons (Fsp3) is 0.0952. The summed E-state index contributed by atoms with van der Waals surface area (Å²) in [6.45, 7) is 1.17. The Morgan fingerprint density at radius 3 is 2.61 bits per heavy atom. The fourth-order valence-electron chi connectivity index (χ4n) is 2.85. The molecule has 1 amide bonds. The number of para-hydroxylation sites is 1. The number of oxazole rings is 1. The number of esters is 1. The molecular weight excluding hydrogens is 450 g/mol. The maximum Gasteiger partial charge on any atom is 0.340 e. The maximum atomic E-state index is 12.5. The van der Waals surface area contributed by atoms with Crippen LogP contribution < -0.4 is 10.0 Å². The van der Waals surface area contributed by atoms with Crippen molar-refractivity contribution in [3.8, 4) is 0 Å². The molecule has 0 atom stereocenters. The number of fused-ring (bicyclic) bond motifs is 1. The minimum atomic E-state index is -3.91. The molecule has 2 heterocycles. The second kappa shape index (κ2) is 9.04. The van der Waals surface area contributed by atoms with Gasteiger partial charge in [-0.1, -0.05) is 6.07 Å². The molecule has 12 heteroatoms. The van der Waals surface area contributed by atoms with Gasteiger partial charge in [0, 0.05) is 17.6 Å². The number of nitrogens with zero attached hydrogens (tertiary/aromatic N) is 3. The van der Waals surface area contributed by atoms with Crippen molar-refractivity contribution in [2.45, 2.75) is 11.8 Å². The van der Waals surface area contributed by atoms with Gasteiger partial charge in [0.05, 0.1) is 10.5 Å². The van der Waals surface area contributed by atoms with Crippen LogP contribution in [0.5, 0.6) is 0 Å². The van der Waals surface area contributed by atoms with Crippen LogP contribution in [0.3, 0.4) is 0 Å². The van der Waals surface area contributed by atoms with Gasteiger partial charge in [0.15, 0.2) is 18.6 Å². The van der Waals surface area contributed by atoms with Crippen LogP contribution in [0, 0.1) is 6.92 Å². The molecule has 168 valence electrons. The van der Waals surface area contributed by atoms with Gasteiger partial charge >= 0.3 is 5.97 Å². The summed E-state index contributed by atoms with van der Waals surface area (Å²) in [5.74, 6) is -1.37. The highest BCUT2D eigenvalue weighted by molar-refractivity contribution is 7.92. The SMILES string of the molecule is Cc1ccnc(NS(=O)(=O)c2ccc(NC(=O)COC(=O)c3cccc4ocnc34)cc2)n1. The van der Waals surface area contributed by atoms with E-state index < -0.39 is 28.5 Å². The first-order valence-corrected chi connectivity index (χ1v) is 11.0. The van der Waals surface area contributed by atoms with Crippen molar-refractivity contribution in [1.82, 2.24) is 15.0 Å². The molecule has 4 aromatic rings. The van der Waals surface area contributed by atoms with E-state index >= 15 is 0 Å². The molecule has 0 saturated carbocycles. The van der Waals surface area contributed by atoms with E-state index in [1.807, 2.05) is 0 Å². The number of amides is 1. The number of hydrogen-bond acceptors (Lipinski definition) is 9. The van der Waals surface area contributed by atoms with Gasteiger partial charge in [-0.3, -0.25) is 4.79 Å². The number of ether oxygens (including phenoxy) is 1. The van der Waals surface area contributed by atoms with Crippen LogP contribution in [-0.2, 0) is 19.6 Å². The summed E-state index contributed by atoms with van der Waals surface area (Å²) < 4.78 is 37.4. The zero-order chi connectivity index (χ0) is 23.4. The van der Waals surface area contributed by atoms with Crippen LogP contribution in [0.2, 0.25) is 0 Å². The minimum absolute atomic E-state index is 0.0438. The molecule has 0 aliphatic rings. The lowest BCUT2D eigenvalue weighted by Gasteiger charge is -2.09. The Morgan fingerprint density at radius 2 is 1.85 bits per heavy atom. The van der Waals surface area contributed by atoms with Gasteiger partial charge in [0.1, 0.15) is 5.52 Å².